The summed E-state index contributed by atoms with van der Waals surface area (Å²) in [6, 6.07) is 0. The van der Waals surface area contributed by atoms with E-state index < -0.39 is 0 Å². The zero-order valence-electron chi connectivity index (χ0n) is 11.1. The first-order valence-electron chi connectivity index (χ1n) is 6.53. The molecule has 0 spiro atoms. The molecule has 0 fully saturated rings. The molecule has 0 radical (unpaired) electrons. The molecule has 4 heteroatoms. The third-order valence-electron chi connectivity index (χ3n) is 3.15. The van der Waals surface area contributed by atoms with E-state index in [9.17, 15) is 5.11 Å². The molecular formula is C13H24N2OS. The van der Waals surface area contributed by atoms with Crippen molar-refractivity contribution in [3.8, 4) is 0 Å². The Hall–Kier alpha value is -0.450. The molecule has 0 saturated carbocycles. The predicted octanol–water partition coefficient (Wildman–Crippen LogP) is 2.59. The molecule has 1 heterocycles. The highest BCUT2D eigenvalue weighted by Gasteiger charge is 2.14. The van der Waals surface area contributed by atoms with Crippen molar-refractivity contribution in [2.45, 2.75) is 52.7 Å². The van der Waals surface area contributed by atoms with Gasteiger partial charge in [0.25, 0.3) is 0 Å². The van der Waals surface area contributed by atoms with Gasteiger partial charge in [0.1, 0.15) is 0 Å². The molecule has 0 aliphatic rings. The zero-order chi connectivity index (χ0) is 12.7. The van der Waals surface area contributed by atoms with Gasteiger partial charge in [0, 0.05) is 24.2 Å². The van der Waals surface area contributed by atoms with Crippen molar-refractivity contribution in [3.63, 3.8) is 0 Å². The summed E-state index contributed by atoms with van der Waals surface area (Å²) >= 11 is 1.75. The third-order valence-corrected chi connectivity index (χ3v) is 4.29. The van der Waals surface area contributed by atoms with E-state index in [0.29, 0.717) is 12.5 Å². The standard InChI is InChI=1S/C13H24N2OS/c1-4-10(5-2)12(16)9-14-7-11-8-15-13(6-3)17-11/h8,10,12,14,16H,4-7,9H2,1-3H3. The number of aliphatic hydroxyl groups is 1. The molecule has 0 aliphatic carbocycles. The van der Waals surface area contributed by atoms with Crippen LogP contribution in [0, 0.1) is 5.92 Å². The number of thiazole rings is 1. The van der Waals surface area contributed by atoms with Crippen LogP contribution < -0.4 is 5.32 Å². The SMILES string of the molecule is CCc1ncc(CNCC(O)C(CC)CC)s1. The lowest BCUT2D eigenvalue weighted by molar-refractivity contribution is 0.101. The maximum atomic E-state index is 9.96. The maximum Gasteiger partial charge on any atom is 0.0925 e. The van der Waals surface area contributed by atoms with Crippen LogP contribution in [0.25, 0.3) is 0 Å². The van der Waals surface area contributed by atoms with Crippen molar-refractivity contribution < 1.29 is 5.11 Å². The lowest BCUT2D eigenvalue weighted by Crippen LogP contribution is -2.32. The molecule has 3 nitrogen and oxygen atoms in total. The first kappa shape index (κ1) is 14.6. The highest BCUT2D eigenvalue weighted by atomic mass is 32.1. The molecule has 0 aliphatic heterocycles. The molecule has 98 valence electrons. The lowest BCUT2D eigenvalue weighted by Gasteiger charge is -2.20. The Labute approximate surface area is 108 Å². The first-order valence-corrected chi connectivity index (χ1v) is 7.35. The average Bonchev–Trinajstić information content (AvgIpc) is 2.78. The molecule has 1 aromatic rings. The number of nitrogens with zero attached hydrogens (tertiary/aromatic N) is 1. The first-order chi connectivity index (χ1) is 8.21. The number of hydrogen-bond acceptors (Lipinski definition) is 4. The predicted molar refractivity (Wildman–Crippen MR) is 73.3 cm³/mol. The monoisotopic (exact) mass is 256 g/mol. The molecule has 1 atom stereocenters. The van der Waals surface area contributed by atoms with E-state index in [-0.39, 0.29) is 6.10 Å². The zero-order valence-corrected chi connectivity index (χ0v) is 11.9. The molecule has 1 unspecified atom stereocenters. The van der Waals surface area contributed by atoms with Crippen LogP contribution in [0.3, 0.4) is 0 Å². The second-order valence-corrected chi connectivity index (χ2v) is 5.55. The van der Waals surface area contributed by atoms with Crippen molar-refractivity contribution >= 4 is 11.3 Å². The molecule has 2 N–H and O–H groups in total. The number of nitrogens with one attached hydrogen (secondary N) is 1. The van der Waals surface area contributed by atoms with E-state index in [1.165, 1.54) is 9.88 Å². The second-order valence-electron chi connectivity index (χ2n) is 4.35. The van der Waals surface area contributed by atoms with Gasteiger partial charge in [0.15, 0.2) is 0 Å². The summed E-state index contributed by atoms with van der Waals surface area (Å²) in [6.07, 6.45) is 4.78. The maximum absolute atomic E-state index is 9.96. The van der Waals surface area contributed by atoms with Crippen LogP contribution in [0.5, 0.6) is 0 Å². The molecule has 1 rings (SSSR count). The van der Waals surface area contributed by atoms with Crippen molar-refractivity contribution in [1.29, 1.82) is 0 Å². The minimum Gasteiger partial charge on any atom is -0.392 e. The summed E-state index contributed by atoms with van der Waals surface area (Å²) in [4.78, 5) is 5.56. The average molecular weight is 256 g/mol. The van der Waals surface area contributed by atoms with E-state index in [2.05, 4.69) is 31.1 Å². The summed E-state index contributed by atoms with van der Waals surface area (Å²) in [5.74, 6) is 0.412. The van der Waals surface area contributed by atoms with Crippen LogP contribution in [-0.4, -0.2) is 22.7 Å². The van der Waals surface area contributed by atoms with Crippen LogP contribution in [0.4, 0.5) is 0 Å². The number of aryl methyl sites for hydroxylation is 1. The van der Waals surface area contributed by atoms with Crippen molar-refractivity contribution in [1.82, 2.24) is 10.3 Å². The summed E-state index contributed by atoms with van der Waals surface area (Å²) in [7, 11) is 0. The Balaban J connectivity index is 2.27. The quantitative estimate of drug-likeness (QED) is 0.751. The van der Waals surface area contributed by atoms with Crippen LogP contribution >= 0.6 is 11.3 Å². The number of hydrogen-bond donors (Lipinski definition) is 2. The van der Waals surface area contributed by atoms with E-state index in [0.717, 1.165) is 25.8 Å². The Morgan fingerprint density at radius 3 is 2.59 bits per heavy atom. The van der Waals surface area contributed by atoms with Gasteiger partial charge in [-0.15, -0.1) is 11.3 Å². The third kappa shape index (κ3) is 4.74. The van der Waals surface area contributed by atoms with E-state index in [4.69, 9.17) is 0 Å². The van der Waals surface area contributed by atoms with Gasteiger partial charge in [-0.25, -0.2) is 4.98 Å². The molecule has 0 bridgehead atoms. The fourth-order valence-electron chi connectivity index (χ4n) is 1.94. The Morgan fingerprint density at radius 2 is 2.06 bits per heavy atom. The van der Waals surface area contributed by atoms with Crippen LogP contribution in [0.2, 0.25) is 0 Å². The Kier molecular flexibility index (Phi) is 6.70. The van der Waals surface area contributed by atoms with Crippen LogP contribution in [0.15, 0.2) is 6.20 Å². The van der Waals surface area contributed by atoms with Gasteiger partial charge in [-0.1, -0.05) is 33.6 Å². The van der Waals surface area contributed by atoms with Gasteiger partial charge < -0.3 is 10.4 Å². The van der Waals surface area contributed by atoms with Gasteiger partial charge in [0.05, 0.1) is 11.1 Å². The highest BCUT2D eigenvalue weighted by Crippen LogP contribution is 2.14. The van der Waals surface area contributed by atoms with Gasteiger partial charge in [-0.05, 0) is 12.3 Å². The Bertz CT molecular complexity index is 310. The van der Waals surface area contributed by atoms with Crippen LogP contribution in [0.1, 0.15) is 43.5 Å². The molecule has 0 aromatic carbocycles. The van der Waals surface area contributed by atoms with Gasteiger partial charge in [-0.3, -0.25) is 0 Å². The minimum atomic E-state index is -0.233. The molecule has 17 heavy (non-hydrogen) atoms. The molecule has 0 saturated heterocycles. The Morgan fingerprint density at radius 1 is 1.35 bits per heavy atom. The van der Waals surface area contributed by atoms with Crippen molar-refractivity contribution in [2.24, 2.45) is 5.92 Å². The van der Waals surface area contributed by atoms with Gasteiger partial charge >= 0.3 is 0 Å². The molecule has 0 amide bonds. The van der Waals surface area contributed by atoms with Gasteiger partial charge in [0.2, 0.25) is 0 Å². The fraction of sp³-hybridized carbons (Fsp3) is 0.769. The molecule has 1 aromatic heterocycles. The smallest absolute Gasteiger partial charge is 0.0925 e. The highest BCUT2D eigenvalue weighted by molar-refractivity contribution is 7.11. The van der Waals surface area contributed by atoms with E-state index >= 15 is 0 Å². The summed E-state index contributed by atoms with van der Waals surface area (Å²) in [6.45, 7) is 7.87. The van der Waals surface area contributed by atoms with Gasteiger partial charge in [-0.2, -0.15) is 0 Å². The fourth-order valence-corrected chi connectivity index (χ4v) is 2.77. The summed E-state index contributed by atoms with van der Waals surface area (Å²) < 4.78 is 0. The van der Waals surface area contributed by atoms with E-state index in [1.807, 2.05) is 6.20 Å². The van der Waals surface area contributed by atoms with Crippen molar-refractivity contribution in [3.05, 3.63) is 16.1 Å². The van der Waals surface area contributed by atoms with E-state index in [1.54, 1.807) is 11.3 Å². The largest absolute Gasteiger partial charge is 0.392 e. The number of aromatic nitrogens is 1. The normalized spacial score (nSPS) is 13.2. The second kappa shape index (κ2) is 7.80. The lowest BCUT2D eigenvalue weighted by atomic mass is 9.97. The summed E-state index contributed by atoms with van der Waals surface area (Å²) in [5.41, 5.74) is 0. The number of aliphatic hydroxyl groups excluding tert-OH is 1. The minimum absolute atomic E-state index is 0.233. The molecular weight excluding hydrogens is 232 g/mol. The summed E-state index contributed by atoms with van der Waals surface area (Å²) in [5, 5.41) is 14.5. The number of rotatable bonds is 8. The van der Waals surface area contributed by atoms with Crippen LogP contribution in [-0.2, 0) is 13.0 Å². The topological polar surface area (TPSA) is 45.2 Å². The van der Waals surface area contributed by atoms with Crippen molar-refractivity contribution in [2.75, 3.05) is 6.54 Å².